The van der Waals surface area contributed by atoms with Gasteiger partial charge in [0.25, 0.3) is 6.43 Å². The van der Waals surface area contributed by atoms with E-state index >= 15 is 0 Å². The lowest BCUT2D eigenvalue weighted by molar-refractivity contribution is -0.144. The van der Waals surface area contributed by atoms with Crippen LogP contribution >= 0.6 is 0 Å². The number of hydrogen-bond donors (Lipinski definition) is 2. The van der Waals surface area contributed by atoms with Gasteiger partial charge in [0, 0.05) is 30.8 Å². The Morgan fingerprint density at radius 2 is 1.87 bits per heavy atom. The number of rotatable bonds is 7. The minimum absolute atomic E-state index is 0.0111. The predicted molar refractivity (Wildman–Crippen MR) is 137 cm³/mol. The fourth-order valence-corrected chi connectivity index (χ4v) is 5.95. The van der Waals surface area contributed by atoms with E-state index in [1.165, 1.54) is 11.0 Å². The van der Waals surface area contributed by atoms with Crippen LogP contribution in [0.1, 0.15) is 107 Å². The third kappa shape index (κ3) is 5.53. The van der Waals surface area contributed by atoms with Crippen LogP contribution in [0, 0.1) is 12.3 Å². The summed E-state index contributed by atoms with van der Waals surface area (Å²) >= 11 is 0. The molecule has 3 atom stereocenters. The summed E-state index contributed by atoms with van der Waals surface area (Å²) in [7, 11) is 0. The molecule has 212 valence electrons. The molecule has 2 aromatic heterocycles. The Hall–Kier alpha value is -3.02. The Kier molecular flexibility index (Phi) is 7.19. The second-order valence-electron chi connectivity index (χ2n) is 12.4. The van der Waals surface area contributed by atoms with E-state index in [2.05, 4.69) is 25.6 Å². The number of carbonyl (C=O) groups excluding carboxylic acids is 2. The molecule has 1 aliphatic heterocycles. The number of aromatic nitrogens is 5. The molecule has 2 unspecified atom stereocenters. The van der Waals surface area contributed by atoms with Crippen LogP contribution < -0.4 is 5.32 Å². The number of aliphatic hydroxyl groups is 1. The first-order valence-corrected chi connectivity index (χ1v) is 13.7. The smallest absolute Gasteiger partial charge is 0.280 e. The van der Waals surface area contributed by atoms with Gasteiger partial charge in [0.15, 0.2) is 5.82 Å². The zero-order valence-corrected chi connectivity index (χ0v) is 22.9. The van der Waals surface area contributed by atoms with Gasteiger partial charge in [-0.25, -0.2) is 23.4 Å². The summed E-state index contributed by atoms with van der Waals surface area (Å²) in [5, 5.41) is 22.2. The van der Waals surface area contributed by atoms with E-state index in [1.54, 1.807) is 11.6 Å². The van der Waals surface area contributed by atoms with Crippen molar-refractivity contribution in [3.8, 4) is 0 Å². The maximum atomic E-state index is 14.0. The molecule has 12 heteroatoms. The Morgan fingerprint density at radius 1 is 1.18 bits per heavy atom. The zero-order chi connectivity index (χ0) is 28.1. The highest BCUT2D eigenvalue weighted by Crippen LogP contribution is 2.41. The molecule has 1 saturated heterocycles. The SMILES string of the molecule is Cc1cc(C(F)F)nc(C2(NC(=O)C3CC(O)CN3C(=O)[C@@H](n3cc(C4CC4)nn3)C(C)(C)C)CCCC2)n1. The third-order valence-electron chi connectivity index (χ3n) is 8.05. The fourth-order valence-electron chi connectivity index (χ4n) is 5.95. The molecule has 39 heavy (non-hydrogen) atoms. The molecule has 5 rings (SSSR count). The number of nitrogens with zero attached hydrogens (tertiary/aromatic N) is 6. The summed E-state index contributed by atoms with van der Waals surface area (Å²) in [5.41, 5.74) is -0.678. The Bertz CT molecular complexity index is 1230. The zero-order valence-electron chi connectivity index (χ0n) is 22.9. The summed E-state index contributed by atoms with van der Waals surface area (Å²) in [6, 6.07) is -0.412. The maximum Gasteiger partial charge on any atom is 0.280 e. The molecular formula is C27H37F2N7O3. The van der Waals surface area contributed by atoms with Crippen molar-refractivity contribution in [1.82, 2.24) is 35.2 Å². The fraction of sp³-hybridized carbons (Fsp3) is 0.704. The van der Waals surface area contributed by atoms with Crippen LogP contribution in [0.5, 0.6) is 0 Å². The van der Waals surface area contributed by atoms with Crippen molar-refractivity contribution in [2.24, 2.45) is 5.41 Å². The van der Waals surface area contributed by atoms with Crippen LogP contribution in [0.15, 0.2) is 12.3 Å². The van der Waals surface area contributed by atoms with E-state index < -0.39 is 41.5 Å². The Morgan fingerprint density at radius 3 is 2.49 bits per heavy atom. The van der Waals surface area contributed by atoms with Crippen LogP contribution in [0.3, 0.4) is 0 Å². The highest BCUT2D eigenvalue weighted by Gasteiger charge is 2.48. The van der Waals surface area contributed by atoms with Crippen molar-refractivity contribution in [3.05, 3.63) is 35.2 Å². The Balaban J connectivity index is 1.42. The molecule has 2 amide bonds. The van der Waals surface area contributed by atoms with Crippen LogP contribution in [0.25, 0.3) is 0 Å². The van der Waals surface area contributed by atoms with E-state index in [-0.39, 0.29) is 30.4 Å². The molecule has 0 radical (unpaired) electrons. The molecule has 10 nitrogen and oxygen atoms in total. The number of hydrogen-bond acceptors (Lipinski definition) is 7. The van der Waals surface area contributed by atoms with E-state index in [9.17, 15) is 23.5 Å². The summed E-state index contributed by atoms with van der Waals surface area (Å²) in [6.07, 6.45) is 2.92. The van der Waals surface area contributed by atoms with Crippen LogP contribution in [0.2, 0.25) is 0 Å². The minimum Gasteiger partial charge on any atom is -0.391 e. The molecule has 2 aromatic rings. The average Bonchev–Trinajstić information content (AvgIpc) is 3.23. The molecule has 3 aliphatic rings. The van der Waals surface area contributed by atoms with Gasteiger partial charge in [-0.3, -0.25) is 9.59 Å². The third-order valence-corrected chi connectivity index (χ3v) is 8.05. The number of likely N-dealkylation sites (tertiary alicyclic amines) is 1. The van der Waals surface area contributed by atoms with Gasteiger partial charge in [-0.15, -0.1) is 5.10 Å². The van der Waals surface area contributed by atoms with E-state index in [1.807, 2.05) is 27.0 Å². The number of halogens is 2. The quantitative estimate of drug-likeness (QED) is 0.547. The molecular weight excluding hydrogens is 508 g/mol. The number of β-amino-alcohol motifs (C(OH)–C–C–N with tert-alkyl or cyclic N) is 1. The highest BCUT2D eigenvalue weighted by molar-refractivity contribution is 5.90. The average molecular weight is 546 g/mol. The lowest BCUT2D eigenvalue weighted by atomic mass is 9.85. The lowest BCUT2D eigenvalue weighted by Crippen LogP contribution is -2.54. The molecule has 0 bridgehead atoms. The molecule has 2 saturated carbocycles. The standard InChI is InChI=1S/C27H37F2N7O3/c1-15-11-18(22(28)29)31-25(30-15)27(9-5-6-10-27)32-23(38)20-12-17(37)13-35(20)24(39)21(26(2,3)4)36-14-19(33-34-36)16-7-8-16/h11,14,16-17,20-22,37H,5-10,12-13H2,1-4H3,(H,32,38)/t17?,20?,21-/m1/s1. The van der Waals surface area contributed by atoms with Gasteiger partial charge in [0.1, 0.15) is 17.8 Å². The first-order chi connectivity index (χ1) is 18.4. The summed E-state index contributed by atoms with van der Waals surface area (Å²) < 4.78 is 28.6. The largest absolute Gasteiger partial charge is 0.391 e. The van der Waals surface area contributed by atoms with Crippen molar-refractivity contribution in [3.63, 3.8) is 0 Å². The number of aryl methyl sites for hydroxylation is 1. The van der Waals surface area contributed by atoms with Gasteiger partial charge in [0.2, 0.25) is 11.8 Å². The predicted octanol–water partition coefficient (Wildman–Crippen LogP) is 3.33. The van der Waals surface area contributed by atoms with Crippen LogP contribution in [0.4, 0.5) is 8.78 Å². The second kappa shape index (κ2) is 10.2. The Labute approximate surface area is 226 Å². The normalized spacial score (nSPS) is 23.8. The minimum atomic E-state index is -2.76. The monoisotopic (exact) mass is 545 g/mol. The van der Waals surface area contributed by atoms with Gasteiger partial charge in [-0.05, 0) is 44.1 Å². The van der Waals surface area contributed by atoms with Crippen molar-refractivity contribution < 1.29 is 23.5 Å². The van der Waals surface area contributed by atoms with Gasteiger partial charge >= 0.3 is 0 Å². The van der Waals surface area contributed by atoms with Crippen molar-refractivity contribution in [2.75, 3.05) is 6.54 Å². The van der Waals surface area contributed by atoms with Crippen molar-refractivity contribution in [1.29, 1.82) is 0 Å². The number of amides is 2. The summed E-state index contributed by atoms with van der Waals surface area (Å²) in [6.45, 7) is 7.42. The van der Waals surface area contributed by atoms with Crippen LogP contribution in [-0.4, -0.2) is 65.5 Å². The first-order valence-electron chi connectivity index (χ1n) is 13.7. The van der Waals surface area contributed by atoms with E-state index in [0.29, 0.717) is 24.5 Å². The van der Waals surface area contributed by atoms with Crippen LogP contribution in [-0.2, 0) is 15.1 Å². The van der Waals surface area contributed by atoms with Gasteiger partial charge in [0.05, 0.1) is 17.3 Å². The first kappa shape index (κ1) is 27.5. The number of nitrogens with one attached hydrogen (secondary N) is 1. The highest BCUT2D eigenvalue weighted by atomic mass is 19.3. The number of alkyl halides is 2. The molecule has 0 spiro atoms. The van der Waals surface area contributed by atoms with E-state index in [0.717, 1.165) is 31.4 Å². The molecule has 2 aliphatic carbocycles. The second-order valence-corrected chi connectivity index (χ2v) is 12.4. The van der Waals surface area contributed by atoms with Crippen molar-refractivity contribution >= 4 is 11.8 Å². The summed E-state index contributed by atoms with van der Waals surface area (Å²) in [5.74, 6) is -0.226. The molecule has 3 heterocycles. The number of aliphatic hydroxyl groups excluding tert-OH is 1. The number of carbonyl (C=O) groups is 2. The van der Waals surface area contributed by atoms with Gasteiger partial charge in [-0.2, -0.15) is 0 Å². The molecule has 2 N–H and O–H groups in total. The van der Waals surface area contributed by atoms with E-state index in [4.69, 9.17) is 0 Å². The topological polar surface area (TPSA) is 126 Å². The molecule has 3 fully saturated rings. The maximum absolute atomic E-state index is 14.0. The van der Waals surface area contributed by atoms with Crippen molar-refractivity contribution in [2.45, 2.75) is 109 Å². The van der Waals surface area contributed by atoms with Gasteiger partial charge < -0.3 is 15.3 Å². The van der Waals surface area contributed by atoms with Gasteiger partial charge in [-0.1, -0.05) is 38.8 Å². The molecule has 0 aromatic carbocycles. The summed E-state index contributed by atoms with van der Waals surface area (Å²) in [4.78, 5) is 37.8. The lowest BCUT2D eigenvalue weighted by Gasteiger charge is -2.36.